The van der Waals surface area contributed by atoms with E-state index < -0.39 is 10.2 Å². The minimum Gasteiger partial charge on any atom is -0.257 e. The third-order valence-electron chi connectivity index (χ3n) is 1.81. The second-order valence-electron chi connectivity index (χ2n) is 2.86. The van der Waals surface area contributed by atoms with Crippen LogP contribution < -0.4 is 10.7 Å². The van der Waals surface area contributed by atoms with Gasteiger partial charge in [-0.1, -0.05) is 30.3 Å². The number of hydrogen-bond donors (Lipinski definition) is 2. The number of rotatable bonds is 4. The van der Waals surface area contributed by atoms with Gasteiger partial charge in [-0.2, -0.15) is 12.7 Å². The molecule has 0 heterocycles. The maximum absolute atomic E-state index is 11.2. The van der Waals surface area contributed by atoms with Crippen molar-refractivity contribution in [3.05, 3.63) is 35.9 Å². The van der Waals surface area contributed by atoms with Gasteiger partial charge in [0, 0.05) is 13.6 Å². The summed E-state index contributed by atoms with van der Waals surface area (Å²) in [5, 5.41) is 0. The van der Waals surface area contributed by atoms with Crippen LogP contribution >= 0.6 is 0 Å². The van der Waals surface area contributed by atoms with Crippen molar-refractivity contribution in [1.29, 1.82) is 0 Å². The maximum atomic E-state index is 11.2. The lowest BCUT2D eigenvalue weighted by molar-refractivity contribution is 0.456. The summed E-state index contributed by atoms with van der Waals surface area (Å²) in [6, 6.07) is 9.28. The van der Waals surface area contributed by atoms with Crippen molar-refractivity contribution in [2.75, 3.05) is 7.05 Å². The molecule has 3 N–H and O–H groups in total. The molecule has 14 heavy (non-hydrogen) atoms. The quantitative estimate of drug-likeness (QED) is 0.540. The largest absolute Gasteiger partial charge is 0.292 e. The lowest BCUT2D eigenvalue weighted by atomic mass is 10.2. The molecule has 1 rings (SSSR count). The van der Waals surface area contributed by atoms with Crippen LogP contribution in [-0.4, -0.2) is 19.8 Å². The number of benzene rings is 1. The van der Waals surface area contributed by atoms with Gasteiger partial charge in [0.05, 0.1) is 0 Å². The lowest BCUT2D eigenvalue weighted by Crippen LogP contribution is -2.41. The summed E-state index contributed by atoms with van der Waals surface area (Å²) in [4.78, 5) is 1.76. The molecule has 0 aliphatic rings. The Morgan fingerprint density at radius 2 is 1.93 bits per heavy atom. The second-order valence-corrected chi connectivity index (χ2v) is 4.67. The first-order valence-electron chi connectivity index (χ1n) is 4.04. The molecule has 0 aliphatic heterocycles. The van der Waals surface area contributed by atoms with Crippen LogP contribution in [0.25, 0.3) is 0 Å². The van der Waals surface area contributed by atoms with E-state index in [-0.39, 0.29) is 0 Å². The maximum Gasteiger partial charge on any atom is 0.292 e. The first-order valence-corrected chi connectivity index (χ1v) is 5.48. The minimum atomic E-state index is -3.54. The minimum absolute atomic E-state index is 0.299. The van der Waals surface area contributed by atoms with Gasteiger partial charge in [-0.3, -0.25) is 5.84 Å². The van der Waals surface area contributed by atoms with E-state index in [2.05, 4.69) is 0 Å². The summed E-state index contributed by atoms with van der Waals surface area (Å²) in [5.41, 5.74) is 0.911. The van der Waals surface area contributed by atoms with Crippen LogP contribution in [0.4, 0.5) is 0 Å². The summed E-state index contributed by atoms with van der Waals surface area (Å²) >= 11 is 0. The molecule has 1 aromatic carbocycles. The monoisotopic (exact) mass is 215 g/mol. The van der Waals surface area contributed by atoms with Crippen molar-refractivity contribution in [3.8, 4) is 0 Å². The first kappa shape index (κ1) is 11.1. The summed E-state index contributed by atoms with van der Waals surface area (Å²) < 4.78 is 23.5. The Hall–Kier alpha value is -0.950. The molecule has 5 nitrogen and oxygen atoms in total. The van der Waals surface area contributed by atoms with Crippen molar-refractivity contribution < 1.29 is 8.42 Å². The van der Waals surface area contributed by atoms with Gasteiger partial charge in [0.25, 0.3) is 10.2 Å². The van der Waals surface area contributed by atoms with E-state index in [9.17, 15) is 8.42 Å². The Balaban J connectivity index is 2.72. The molecule has 78 valence electrons. The summed E-state index contributed by atoms with van der Waals surface area (Å²) in [5.74, 6) is 4.88. The number of nitrogens with zero attached hydrogens (tertiary/aromatic N) is 1. The summed E-state index contributed by atoms with van der Waals surface area (Å²) in [6.07, 6.45) is 0. The Morgan fingerprint density at radius 1 is 1.36 bits per heavy atom. The van der Waals surface area contributed by atoms with Crippen LogP contribution in [0.1, 0.15) is 5.56 Å². The summed E-state index contributed by atoms with van der Waals surface area (Å²) in [6.45, 7) is 0.299. The highest BCUT2D eigenvalue weighted by Gasteiger charge is 2.14. The molecule has 0 fully saturated rings. The van der Waals surface area contributed by atoms with E-state index in [4.69, 9.17) is 5.84 Å². The highest BCUT2D eigenvalue weighted by Crippen LogP contribution is 2.04. The molecule has 0 radical (unpaired) electrons. The Labute approximate surface area is 83.7 Å². The van der Waals surface area contributed by atoms with Gasteiger partial charge in [0.15, 0.2) is 0 Å². The van der Waals surface area contributed by atoms with E-state index in [1.54, 1.807) is 4.83 Å². The second kappa shape index (κ2) is 4.52. The van der Waals surface area contributed by atoms with Crippen LogP contribution in [0.2, 0.25) is 0 Å². The highest BCUT2D eigenvalue weighted by molar-refractivity contribution is 7.87. The molecule has 6 heteroatoms. The number of hydrazine groups is 1. The standard InChI is InChI=1S/C8H13N3O2S/c1-11(14(12,13)10-9)7-8-5-3-2-4-6-8/h2-6,10H,7,9H2,1H3. The van der Waals surface area contributed by atoms with E-state index in [0.717, 1.165) is 9.87 Å². The third kappa shape index (κ3) is 2.78. The molecule has 0 aliphatic carbocycles. The van der Waals surface area contributed by atoms with Crippen molar-refractivity contribution in [2.45, 2.75) is 6.54 Å². The molecule has 0 spiro atoms. The van der Waals surface area contributed by atoms with E-state index in [1.807, 2.05) is 30.3 Å². The number of nitrogens with two attached hydrogens (primary N) is 1. The normalized spacial score (nSPS) is 11.9. The first-order chi connectivity index (χ1) is 6.56. The molecule has 0 unspecified atom stereocenters. The molecular formula is C8H13N3O2S. The molecule has 0 atom stereocenters. The van der Waals surface area contributed by atoms with Gasteiger partial charge in [-0.25, -0.2) is 0 Å². The fraction of sp³-hybridized carbons (Fsp3) is 0.250. The topological polar surface area (TPSA) is 75.4 Å². The van der Waals surface area contributed by atoms with E-state index in [0.29, 0.717) is 6.54 Å². The molecule has 0 saturated heterocycles. The zero-order chi connectivity index (χ0) is 10.6. The van der Waals surface area contributed by atoms with Crippen LogP contribution in [0.5, 0.6) is 0 Å². The van der Waals surface area contributed by atoms with E-state index >= 15 is 0 Å². The molecule has 0 saturated carbocycles. The SMILES string of the molecule is CN(Cc1ccccc1)S(=O)(=O)NN. The van der Waals surface area contributed by atoms with Gasteiger partial charge < -0.3 is 0 Å². The van der Waals surface area contributed by atoms with Crippen LogP contribution in [0.15, 0.2) is 30.3 Å². The van der Waals surface area contributed by atoms with Gasteiger partial charge in [0.1, 0.15) is 0 Å². The number of nitrogens with one attached hydrogen (secondary N) is 1. The van der Waals surface area contributed by atoms with Gasteiger partial charge >= 0.3 is 0 Å². The Kier molecular flexibility index (Phi) is 3.59. The van der Waals surface area contributed by atoms with E-state index in [1.165, 1.54) is 7.05 Å². The molecule has 1 aromatic rings. The fourth-order valence-electron chi connectivity index (χ4n) is 1.02. The Morgan fingerprint density at radius 3 is 2.43 bits per heavy atom. The summed E-state index contributed by atoms with van der Waals surface area (Å²) in [7, 11) is -2.07. The van der Waals surface area contributed by atoms with Crippen LogP contribution in [0.3, 0.4) is 0 Å². The van der Waals surface area contributed by atoms with Gasteiger partial charge in [-0.15, -0.1) is 4.83 Å². The van der Waals surface area contributed by atoms with Crippen molar-refractivity contribution in [1.82, 2.24) is 9.14 Å². The molecular weight excluding hydrogens is 202 g/mol. The third-order valence-corrected chi connectivity index (χ3v) is 3.05. The smallest absolute Gasteiger partial charge is 0.257 e. The highest BCUT2D eigenvalue weighted by atomic mass is 32.2. The zero-order valence-corrected chi connectivity index (χ0v) is 8.66. The van der Waals surface area contributed by atoms with Crippen molar-refractivity contribution >= 4 is 10.2 Å². The average molecular weight is 215 g/mol. The fourth-order valence-corrected chi connectivity index (χ4v) is 1.51. The van der Waals surface area contributed by atoms with Crippen LogP contribution in [-0.2, 0) is 16.8 Å². The lowest BCUT2D eigenvalue weighted by Gasteiger charge is -2.15. The average Bonchev–Trinajstić information content (AvgIpc) is 2.19. The van der Waals surface area contributed by atoms with Crippen LogP contribution in [0, 0.1) is 0 Å². The van der Waals surface area contributed by atoms with Gasteiger partial charge in [-0.05, 0) is 5.56 Å². The molecule has 0 aromatic heterocycles. The zero-order valence-electron chi connectivity index (χ0n) is 7.84. The van der Waals surface area contributed by atoms with Crippen molar-refractivity contribution in [3.63, 3.8) is 0 Å². The Bertz CT molecular complexity index is 377. The van der Waals surface area contributed by atoms with Gasteiger partial charge in [0.2, 0.25) is 0 Å². The number of hydrogen-bond acceptors (Lipinski definition) is 3. The molecule has 0 bridgehead atoms. The predicted molar refractivity (Wildman–Crippen MR) is 54.2 cm³/mol. The predicted octanol–water partition coefficient (Wildman–Crippen LogP) is -0.174. The van der Waals surface area contributed by atoms with Crippen molar-refractivity contribution in [2.24, 2.45) is 5.84 Å². The molecule has 0 amide bonds.